The Morgan fingerprint density at radius 1 is 1.12 bits per heavy atom. The first-order valence-corrected chi connectivity index (χ1v) is 6.67. The number of aliphatic hydroxyl groups is 1. The first kappa shape index (κ1) is 12.4. The Kier molecular flexibility index (Phi) is 4.43. The summed E-state index contributed by atoms with van der Waals surface area (Å²) in [6.07, 6.45) is 5.36. The summed E-state index contributed by atoms with van der Waals surface area (Å²) >= 11 is 0. The van der Waals surface area contributed by atoms with Gasteiger partial charge in [0.1, 0.15) is 5.75 Å². The van der Waals surface area contributed by atoms with E-state index in [0.717, 1.165) is 50.4 Å². The maximum absolute atomic E-state index is 9.47. The highest BCUT2D eigenvalue weighted by Crippen LogP contribution is 2.27. The molecule has 2 heteroatoms. The molecular weight excluding hydrogens is 212 g/mol. The Balaban J connectivity index is 1.86. The molecule has 0 aliphatic heterocycles. The van der Waals surface area contributed by atoms with Crippen LogP contribution in [0.3, 0.4) is 0 Å². The standard InChI is InChI=1S/C15H22O2/c1-2-17-15-9-5-13(6-10-15)11-12-3-7-14(16)8-4-12/h5-6,9-10,12,14,16H,2-4,7-8,11H2,1H3. The van der Waals surface area contributed by atoms with Gasteiger partial charge in [-0.05, 0) is 62.6 Å². The SMILES string of the molecule is CCOc1ccc(CC2CCC(O)CC2)cc1. The summed E-state index contributed by atoms with van der Waals surface area (Å²) in [4.78, 5) is 0. The maximum Gasteiger partial charge on any atom is 0.119 e. The van der Waals surface area contributed by atoms with Crippen LogP contribution in [0.5, 0.6) is 5.75 Å². The molecule has 1 aromatic carbocycles. The Bertz CT molecular complexity index is 323. The first-order chi connectivity index (χ1) is 8.28. The van der Waals surface area contributed by atoms with Crippen LogP contribution in [0.4, 0.5) is 0 Å². The molecule has 1 aliphatic carbocycles. The molecule has 0 atom stereocenters. The van der Waals surface area contributed by atoms with Crippen LogP contribution in [0.1, 0.15) is 38.2 Å². The first-order valence-electron chi connectivity index (χ1n) is 6.67. The van der Waals surface area contributed by atoms with E-state index in [2.05, 4.69) is 24.3 Å². The second-order valence-corrected chi connectivity index (χ2v) is 4.96. The van der Waals surface area contributed by atoms with Crippen LogP contribution in [0, 0.1) is 5.92 Å². The van der Waals surface area contributed by atoms with E-state index in [4.69, 9.17) is 4.74 Å². The summed E-state index contributed by atoms with van der Waals surface area (Å²) in [6.45, 7) is 2.72. The summed E-state index contributed by atoms with van der Waals surface area (Å²) in [6, 6.07) is 8.43. The summed E-state index contributed by atoms with van der Waals surface area (Å²) < 4.78 is 5.43. The van der Waals surface area contributed by atoms with Crippen molar-refractivity contribution in [3.63, 3.8) is 0 Å². The number of aliphatic hydroxyl groups excluding tert-OH is 1. The lowest BCUT2D eigenvalue weighted by Crippen LogP contribution is -2.19. The Morgan fingerprint density at radius 3 is 2.35 bits per heavy atom. The van der Waals surface area contributed by atoms with Gasteiger partial charge in [0.2, 0.25) is 0 Å². The van der Waals surface area contributed by atoms with Gasteiger partial charge in [0, 0.05) is 0 Å². The molecule has 1 N–H and O–H groups in total. The molecule has 1 fully saturated rings. The molecule has 94 valence electrons. The van der Waals surface area contributed by atoms with Gasteiger partial charge in [-0.1, -0.05) is 12.1 Å². The van der Waals surface area contributed by atoms with Gasteiger partial charge in [-0.15, -0.1) is 0 Å². The predicted molar refractivity (Wildman–Crippen MR) is 69.3 cm³/mol. The van der Waals surface area contributed by atoms with Crippen LogP contribution in [0.2, 0.25) is 0 Å². The Hall–Kier alpha value is -1.02. The highest BCUT2D eigenvalue weighted by Gasteiger charge is 2.19. The molecule has 1 aromatic rings. The van der Waals surface area contributed by atoms with Crippen molar-refractivity contribution in [2.45, 2.75) is 45.1 Å². The van der Waals surface area contributed by atoms with E-state index in [9.17, 15) is 5.11 Å². The fourth-order valence-corrected chi connectivity index (χ4v) is 2.57. The second-order valence-electron chi connectivity index (χ2n) is 4.96. The van der Waals surface area contributed by atoms with E-state index in [0.29, 0.717) is 0 Å². The normalized spacial score (nSPS) is 24.6. The molecule has 1 aliphatic rings. The average Bonchev–Trinajstić information content (AvgIpc) is 2.35. The Labute approximate surface area is 104 Å². The van der Waals surface area contributed by atoms with Crippen molar-refractivity contribution >= 4 is 0 Å². The lowest BCUT2D eigenvalue weighted by atomic mass is 9.83. The fourth-order valence-electron chi connectivity index (χ4n) is 2.57. The quantitative estimate of drug-likeness (QED) is 0.867. The third-order valence-electron chi connectivity index (χ3n) is 3.58. The Morgan fingerprint density at radius 2 is 1.76 bits per heavy atom. The lowest BCUT2D eigenvalue weighted by Gasteiger charge is -2.25. The van der Waals surface area contributed by atoms with E-state index in [1.54, 1.807) is 0 Å². The summed E-state index contributed by atoms with van der Waals surface area (Å²) in [7, 11) is 0. The van der Waals surface area contributed by atoms with Crippen LogP contribution in [-0.4, -0.2) is 17.8 Å². The number of ether oxygens (including phenoxy) is 1. The third-order valence-corrected chi connectivity index (χ3v) is 3.58. The van der Waals surface area contributed by atoms with Gasteiger partial charge in [0.25, 0.3) is 0 Å². The molecule has 0 saturated heterocycles. The molecule has 0 bridgehead atoms. The van der Waals surface area contributed by atoms with Crippen molar-refractivity contribution in [3.05, 3.63) is 29.8 Å². The molecule has 0 radical (unpaired) electrons. The molecular formula is C15H22O2. The zero-order valence-electron chi connectivity index (χ0n) is 10.6. The summed E-state index contributed by atoms with van der Waals surface area (Å²) in [5.74, 6) is 1.70. The molecule has 0 aromatic heterocycles. The van der Waals surface area contributed by atoms with Gasteiger partial charge < -0.3 is 9.84 Å². The molecule has 0 unspecified atom stereocenters. The van der Waals surface area contributed by atoms with E-state index < -0.39 is 0 Å². The minimum Gasteiger partial charge on any atom is -0.494 e. The average molecular weight is 234 g/mol. The van der Waals surface area contributed by atoms with E-state index in [1.807, 2.05) is 6.92 Å². The molecule has 0 heterocycles. The highest BCUT2D eigenvalue weighted by atomic mass is 16.5. The smallest absolute Gasteiger partial charge is 0.119 e. The monoisotopic (exact) mass is 234 g/mol. The zero-order chi connectivity index (χ0) is 12.1. The van der Waals surface area contributed by atoms with Crippen LogP contribution in [0.15, 0.2) is 24.3 Å². The minimum atomic E-state index is -0.0495. The zero-order valence-corrected chi connectivity index (χ0v) is 10.6. The molecule has 2 nitrogen and oxygen atoms in total. The van der Waals surface area contributed by atoms with E-state index in [1.165, 1.54) is 5.56 Å². The highest BCUT2D eigenvalue weighted by molar-refractivity contribution is 5.27. The minimum absolute atomic E-state index is 0.0495. The van der Waals surface area contributed by atoms with Crippen molar-refractivity contribution in [1.82, 2.24) is 0 Å². The van der Waals surface area contributed by atoms with E-state index >= 15 is 0 Å². The summed E-state index contributed by atoms with van der Waals surface area (Å²) in [5, 5.41) is 9.47. The van der Waals surface area contributed by atoms with Crippen LogP contribution >= 0.6 is 0 Å². The number of hydrogen-bond acceptors (Lipinski definition) is 2. The molecule has 2 rings (SSSR count). The number of hydrogen-bond donors (Lipinski definition) is 1. The lowest BCUT2D eigenvalue weighted by molar-refractivity contribution is 0.109. The predicted octanol–water partition coefficient (Wildman–Crippen LogP) is 3.18. The van der Waals surface area contributed by atoms with Gasteiger partial charge in [-0.2, -0.15) is 0 Å². The maximum atomic E-state index is 9.47. The number of rotatable bonds is 4. The van der Waals surface area contributed by atoms with Gasteiger partial charge >= 0.3 is 0 Å². The second kappa shape index (κ2) is 6.06. The van der Waals surface area contributed by atoms with Gasteiger partial charge in [-0.3, -0.25) is 0 Å². The van der Waals surface area contributed by atoms with Gasteiger partial charge in [0.15, 0.2) is 0 Å². The van der Waals surface area contributed by atoms with Crippen molar-refractivity contribution < 1.29 is 9.84 Å². The third kappa shape index (κ3) is 3.74. The van der Waals surface area contributed by atoms with Crippen molar-refractivity contribution in [2.75, 3.05) is 6.61 Å². The molecule has 0 spiro atoms. The van der Waals surface area contributed by atoms with Crippen LogP contribution < -0.4 is 4.74 Å². The fraction of sp³-hybridized carbons (Fsp3) is 0.600. The van der Waals surface area contributed by atoms with Gasteiger partial charge in [0.05, 0.1) is 12.7 Å². The van der Waals surface area contributed by atoms with Gasteiger partial charge in [-0.25, -0.2) is 0 Å². The van der Waals surface area contributed by atoms with Crippen LogP contribution in [0.25, 0.3) is 0 Å². The molecule has 1 saturated carbocycles. The van der Waals surface area contributed by atoms with E-state index in [-0.39, 0.29) is 6.10 Å². The van der Waals surface area contributed by atoms with Crippen molar-refractivity contribution in [3.8, 4) is 5.75 Å². The van der Waals surface area contributed by atoms with Crippen molar-refractivity contribution in [1.29, 1.82) is 0 Å². The molecule has 17 heavy (non-hydrogen) atoms. The van der Waals surface area contributed by atoms with Crippen LogP contribution in [-0.2, 0) is 6.42 Å². The topological polar surface area (TPSA) is 29.5 Å². The summed E-state index contributed by atoms with van der Waals surface area (Å²) in [5.41, 5.74) is 1.38. The molecule has 0 amide bonds. The number of benzene rings is 1. The largest absolute Gasteiger partial charge is 0.494 e. The van der Waals surface area contributed by atoms with Crippen molar-refractivity contribution in [2.24, 2.45) is 5.92 Å².